The molecular weight excluding hydrogens is 306 g/mol. The molecule has 1 aromatic carbocycles. The quantitative estimate of drug-likeness (QED) is 0.900. The smallest absolute Gasteiger partial charge is 0.307 e. The lowest BCUT2D eigenvalue weighted by molar-refractivity contribution is -0.142. The number of H-pyrrole nitrogens is 1. The Hall–Kier alpha value is -2.37. The summed E-state index contributed by atoms with van der Waals surface area (Å²) >= 11 is 0. The van der Waals surface area contributed by atoms with Crippen LogP contribution in [0, 0.1) is 17.8 Å². The maximum atomic E-state index is 12.3. The zero-order valence-electron chi connectivity index (χ0n) is 13.4. The maximum absolute atomic E-state index is 12.3. The van der Waals surface area contributed by atoms with Crippen LogP contribution in [-0.4, -0.2) is 44.9 Å². The van der Waals surface area contributed by atoms with Gasteiger partial charge in [0.25, 0.3) is 0 Å². The fourth-order valence-corrected chi connectivity index (χ4v) is 3.71. The summed E-state index contributed by atoms with van der Waals surface area (Å²) in [6.45, 7) is 1.46. The SMILES string of the molecule is O=C(O)[C@@H]1C[C@H]1C(=O)N1CCC(Cc2nc3ccccc3[nH]2)CC1. The monoisotopic (exact) mass is 327 g/mol. The number of likely N-dealkylation sites (tertiary alicyclic amines) is 1. The van der Waals surface area contributed by atoms with Gasteiger partial charge in [0.15, 0.2) is 0 Å². The Balaban J connectivity index is 1.31. The summed E-state index contributed by atoms with van der Waals surface area (Å²) in [5.74, 6) is -0.0175. The third-order valence-corrected chi connectivity index (χ3v) is 5.27. The molecule has 1 amide bonds. The number of carboxylic acid groups (broad SMARTS) is 1. The van der Waals surface area contributed by atoms with Crippen molar-refractivity contribution in [1.29, 1.82) is 0 Å². The molecule has 126 valence electrons. The van der Waals surface area contributed by atoms with Crippen LogP contribution in [0.25, 0.3) is 11.0 Å². The molecule has 1 aromatic heterocycles. The third kappa shape index (κ3) is 2.88. The van der Waals surface area contributed by atoms with Gasteiger partial charge in [-0.1, -0.05) is 12.1 Å². The molecule has 0 radical (unpaired) electrons. The summed E-state index contributed by atoms with van der Waals surface area (Å²) in [7, 11) is 0. The molecule has 2 aliphatic rings. The van der Waals surface area contributed by atoms with Crippen LogP contribution in [0.15, 0.2) is 24.3 Å². The van der Waals surface area contributed by atoms with E-state index in [1.54, 1.807) is 0 Å². The lowest BCUT2D eigenvalue weighted by atomic mass is 9.93. The van der Waals surface area contributed by atoms with E-state index >= 15 is 0 Å². The minimum absolute atomic E-state index is 0.0320. The number of para-hydroxylation sites is 2. The molecule has 24 heavy (non-hydrogen) atoms. The first-order chi connectivity index (χ1) is 11.6. The summed E-state index contributed by atoms with van der Waals surface area (Å²) < 4.78 is 0. The van der Waals surface area contributed by atoms with Gasteiger partial charge in [0.1, 0.15) is 5.82 Å². The van der Waals surface area contributed by atoms with E-state index in [2.05, 4.69) is 9.97 Å². The number of aliphatic carboxylic acids is 1. The van der Waals surface area contributed by atoms with Crippen molar-refractivity contribution in [2.24, 2.45) is 17.8 Å². The third-order valence-electron chi connectivity index (χ3n) is 5.27. The van der Waals surface area contributed by atoms with Crippen LogP contribution in [0.3, 0.4) is 0 Å². The molecule has 6 nitrogen and oxygen atoms in total. The Labute approximate surface area is 139 Å². The number of carbonyl (C=O) groups excluding carboxylic acids is 1. The second-order valence-electron chi connectivity index (χ2n) is 6.96. The number of benzene rings is 1. The molecule has 6 heteroatoms. The van der Waals surface area contributed by atoms with Gasteiger partial charge in [-0.3, -0.25) is 9.59 Å². The second kappa shape index (κ2) is 5.92. The normalized spacial score (nSPS) is 24.2. The average molecular weight is 327 g/mol. The fraction of sp³-hybridized carbons (Fsp3) is 0.500. The number of nitrogens with one attached hydrogen (secondary N) is 1. The molecule has 2 fully saturated rings. The largest absolute Gasteiger partial charge is 0.481 e. The van der Waals surface area contributed by atoms with E-state index in [9.17, 15) is 9.59 Å². The number of fused-ring (bicyclic) bond motifs is 1. The summed E-state index contributed by atoms with van der Waals surface area (Å²) in [6.07, 6.45) is 3.31. The molecule has 2 atom stereocenters. The Kier molecular flexibility index (Phi) is 3.75. The van der Waals surface area contributed by atoms with Gasteiger partial charge in [0, 0.05) is 19.5 Å². The number of rotatable bonds is 4. The van der Waals surface area contributed by atoms with E-state index in [1.165, 1.54) is 0 Å². The number of carboxylic acids is 1. The first kappa shape index (κ1) is 15.2. The van der Waals surface area contributed by atoms with Gasteiger partial charge in [0.05, 0.1) is 22.9 Å². The highest BCUT2D eigenvalue weighted by Crippen LogP contribution is 2.40. The molecular formula is C18H21N3O3. The van der Waals surface area contributed by atoms with Gasteiger partial charge in [-0.15, -0.1) is 0 Å². The van der Waals surface area contributed by atoms with E-state index in [-0.39, 0.29) is 11.8 Å². The fourth-order valence-electron chi connectivity index (χ4n) is 3.71. The number of imidazole rings is 1. The zero-order valence-corrected chi connectivity index (χ0v) is 13.4. The van der Waals surface area contributed by atoms with Gasteiger partial charge >= 0.3 is 5.97 Å². The van der Waals surface area contributed by atoms with Crippen molar-refractivity contribution < 1.29 is 14.7 Å². The van der Waals surface area contributed by atoms with Crippen molar-refractivity contribution in [3.05, 3.63) is 30.1 Å². The first-order valence-corrected chi connectivity index (χ1v) is 8.57. The molecule has 4 rings (SSSR count). The summed E-state index contributed by atoms with van der Waals surface area (Å²) in [5.41, 5.74) is 2.06. The van der Waals surface area contributed by atoms with E-state index in [0.29, 0.717) is 12.3 Å². The standard InChI is InChI=1S/C18H21N3O3/c22-17(12-10-13(12)18(23)24)21-7-5-11(6-8-21)9-16-19-14-3-1-2-4-15(14)20-16/h1-4,11-13H,5-10H2,(H,19,20)(H,23,24)/t12-,13-/m1/s1. The molecule has 0 unspecified atom stereocenters. The maximum Gasteiger partial charge on any atom is 0.307 e. The van der Waals surface area contributed by atoms with Crippen molar-refractivity contribution >= 4 is 22.9 Å². The number of nitrogens with zero attached hydrogens (tertiary/aromatic N) is 2. The Morgan fingerprint density at radius 3 is 2.62 bits per heavy atom. The highest BCUT2D eigenvalue weighted by atomic mass is 16.4. The Bertz CT molecular complexity index is 744. The van der Waals surface area contributed by atoms with Gasteiger partial charge in [0.2, 0.25) is 5.91 Å². The van der Waals surface area contributed by atoms with Gasteiger partial charge in [-0.2, -0.15) is 0 Å². The van der Waals surface area contributed by atoms with Crippen molar-refractivity contribution in [1.82, 2.24) is 14.9 Å². The lowest BCUT2D eigenvalue weighted by Gasteiger charge is -2.32. The summed E-state index contributed by atoms with van der Waals surface area (Å²) in [4.78, 5) is 33.1. The van der Waals surface area contributed by atoms with Crippen molar-refractivity contribution in [2.45, 2.75) is 25.7 Å². The lowest BCUT2D eigenvalue weighted by Crippen LogP contribution is -2.40. The number of aromatic amines is 1. The van der Waals surface area contributed by atoms with Crippen LogP contribution in [0.2, 0.25) is 0 Å². The average Bonchev–Trinajstić information content (AvgIpc) is 3.29. The van der Waals surface area contributed by atoms with Crippen molar-refractivity contribution in [2.75, 3.05) is 13.1 Å². The first-order valence-electron chi connectivity index (χ1n) is 8.57. The van der Waals surface area contributed by atoms with Crippen LogP contribution in [0.4, 0.5) is 0 Å². The van der Waals surface area contributed by atoms with Gasteiger partial charge in [-0.25, -0.2) is 4.98 Å². The van der Waals surface area contributed by atoms with Crippen molar-refractivity contribution in [3.8, 4) is 0 Å². The molecule has 2 heterocycles. The van der Waals surface area contributed by atoms with Crippen LogP contribution in [-0.2, 0) is 16.0 Å². The van der Waals surface area contributed by atoms with E-state index in [4.69, 9.17) is 5.11 Å². The molecule has 2 N–H and O–H groups in total. The number of hydrogen-bond donors (Lipinski definition) is 2. The van der Waals surface area contributed by atoms with Crippen LogP contribution >= 0.6 is 0 Å². The molecule has 1 saturated carbocycles. The summed E-state index contributed by atoms with van der Waals surface area (Å²) in [5, 5.41) is 8.96. The molecule has 0 spiro atoms. The van der Waals surface area contributed by atoms with Crippen LogP contribution in [0.1, 0.15) is 25.1 Å². The summed E-state index contributed by atoms with van der Waals surface area (Å²) in [6, 6.07) is 8.02. The minimum Gasteiger partial charge on any atom is -0.481 e. The molecule has 2 aromatic rings. The Morgan fingerprint density at radius 1 is 1.21 bits per heavy atom. The number of amides is 1. The van der Waals surface area contributed by atoms with Gasteiger partial charge < -0.3 is 15.0 Å². The highest BCUT2D eigenvalue weighted by molar-refractivity contribution is 5.89. The Morgan fingerprint density at radius 2 is 1.96 bits per heavy atom. The van der Waals surface area contributed by atoms with Crippen LogP contribution in [0.5, 0.6) is 0 Å². The predicted octanol–water partition coefficient (Wildman–Crippen LogP) is 2.06. The van der Waals surface area contributed by atoms with E-state index in [0.717, 1.165) is 49.2 Å². The van der Waals surface area contributed by atoms with E-state index in [1.807, 2.05) is 29.2 Å². The number of piperidine rings is 1. The van der Waals surface area contributed by atoms with E-state index < -0.39 is 11.9 Å². The number of carbonyl (C=O) groups is 2. The minimum atomic E-state index is -0.840. The predicted molar refractivity (Wildman–Crippen MR) is 88.3 cm³/mol. The molecule has 1 aliphatic heterocycles. The van der Waals surface area contributed by atoms with Crippen LogP contribution < -0.4 is 0 Å². The second-order valence-corrected chi connectivity index (χ2v) is 6.96. The number of hydrogen-bond acceptors (Lipinski definition) is 3. The molecule has 0 bridgehead atoms. The van der Waals surface area contributed by atoms with Gasteiger partial charge in [-0.05, 0) is 37.3 Å². The molecule has 1 aliphatic carbocycles. The highest BCUT2D eigenvalue weighted by Gasteiger charge is 2.50. The number of aromatic nitrogens is 2. The van der Waals surface area contributed by atoms with Crippen molar-refractivity contribution in [3.63, 3.8) is 0 Å². The zero-order chi connectivity index (χ0) is 16.7. The topological polar surface area (TPSA) is 86.3 Å². The molecule has 1 saturated heterocycles.